The minimum absolute atomic E-state index is 0.0453. The molecule has 2 amide bonds. The van der Waals surface area contributed by atoms with Crippen molar-refractivity contribution in [3.8, 4) is 5.69 Å². The van der Waals surface area contributed by atoms with Gasteiger partial charge in [-0.25, -0.2) is 4.68 Å². The molecule has 0 saturated heterocycles. The van der Waals surface area contributed by atoms with Crippen molar-refractivity contribution in [2.45, 2.75) is 32.4 Å². The standard InChI is InChI=1S/C21H22N4O2S/c26-20(6-7-21(27)24-10-8-19-17(15-24)9-11-28-19)22-12-16-13-23-25(14-16)18-4-2-1-3-5-18/h1-5,9,11,13-14H,6-8,10,12,15H2,(H,22,26). The van der Waals surface area contributed by atoms with Crippen molar-refractivity contribution in [1.29, 1.82) is 0 Å². The van der Waals surface area contributed by atoms with Crippen molar-refractivity contribution >= 4 is 23.2 Å². The van der Waals surface area contributed by atoms with Crippen LogP contribution in [0.3, 0.4) is 0 Å². The van der Waals surface area contributed by atoms with E-state index in [-0.39, 0.29) is 24.7 Å². The third-order valence-electron chi connectivity index (χ3n) is 4.87. The maximum Gasteiger partial charge on any atom is 0.223 e. The number of hydrogen-bond acceptors (Lipinski definition) is 4. The minimum atomic E-state index is -0.117. The predicted molar refractivity (Wildman–Crippen MR) is 108 cm³/mol. The van der Waals surface area contributed by atoms with E-state index >= 15 is 0 Å². The second-order valence-corrected chi connectivity index (χ2v) is 7.84. The number of fused-ring (bicyclic) bond motifs is 1. The summed E-state index contributed by atoms with van der Waals surface area (Å²) in [5, 5.41) is 9.27. The van der Waals surface area contributed by atoms with Crippen LogP contribution in [-0.2, 0) is 29.1 Å². The molecule has 2 aromatic heterocycles. The molecule has 1 aliphatic rings. The molecule has 0 atom stereocenters. The number of amides is 2. The number of rotatable bonds is 6. The fraction of sp³-hybridized carbons (Fsp3) is 0.286. The highest BCUT2D eigenvalue weighted by atomic mass is 32.1. The molecule has 0 bridgehead atoms. The van der Waals surface area contributed by atoms with E-state index in [1.807, 2.05) is 41.4 Å². The number of hydrogen-bond donors (Lipinski definition) is 1. The molecule has 1 aliphatic heterocycles. The molecule has 0 radical (unpaired) electrons. The van der Waals surface area contributed by atoms with E-state index < -0.39 is 0 Å². The smallest absolute Gasteiger partial charge is 0.223 e. The summed E-state index contributed by atoms with van der Waals surface area (Å²) in [4.78, 5) is 27.8. The molecule has 4 rings (SSSR count). The van der Waals surface area contributed by atoms with Gasteiger partial charge in [0.15, 0.2) is 0 Å². The first-order valence-electron chi connectivity index (χ1n) is 9.38. The Kier molecular flexibility index (Phi) is 5.53. The van der Waals surface area contributed by atoms with Gasteiger partial charge in [0.05, 0.1) is 11.9 Å². The van der Waals surface area contributed by atoms with E-state index in [0.29, 0.717) is 13.1 Å². The summed E-state index contributed by atoms with van der Waals surface area (Å²) in [6.07, 6.45) is 5.00. The molecule has 0 saturated carbocycles. The summed E-state index contributed by atoms with van der Waals surface area (Å²) in [7, 11) is 0. The summed E-state index contributed by atoms with van der Waals surface area (Å²) >= 11 is 1.75. The average molecular weight is 395 g/mol. The molecule has 7 heteroatoms. The second kappa shape index (κ2) is 8.39. The SMILES string of the molecule is O=C(CCC(=O)N1CCc2sccc2C1)NCc1cnn(-c2ccccc2)c1. The molecule has 3 heterocycles. The summed E-state index contributed by atoms with van der Waals surface area (Å²) in [5.41, 5.74) is 3.13. The molecule has 28 heavy (non-hydrogen) atoms. The van der Waals surface area contributed by atoms with Crippen LogP contribution in [-0.4, -0.2) is 33.0 Å². The molecule has 144 valence electrons. The number of nitrogens with zero attached hydrogens (tertiary/aromatic N) is 3. The third-order valence-corrected chi connectivity index (χ3v) is 5.90. The Bertz CT molecular complexity index is 964. The molecule has 1 aromatic carbocycles. The summed E-state index contributed by atoms with van der Waals surface area (Å²) in [6.45, 7) is 1.81. The highest BCUT2D eigenvalue weighted by Crippen LogP contribution is 2.24. The van der Waals surface area contributed by atoms with Crippen LogP contribution in [0.1, 0.15) is 28.8 Å². The predicted octanol–water partition coefficient (Wildman–Crippen LogP) is 2.92. The van der Waals surface area contributed by atoms with Gasteiger partial charge in [0.25, 0.3) is 0 Å². The molecular weight excluding hydrogens is 372 g/mol. The fourth-order valence-electron chi connectivity index (χ4n) is 3.30. The zero-order valence-corrected chi connectivity index (χ0v) is 16.3. The van der Waals surface area contributed by atoms with Gasteiger partial charge in [0.1, 0.15) is 0 Å². The fourth-order valence-corrected chi connectivity index (χ4v) is 4.19. The highest BCUT2D eigenvalue weighted by molar-refractivity contribution is 7.10. The zero-order valence-electron chi connectivity index (χ0n) is 15.5. The van der Waals surface area contributed by atoms with Crippen LogP contribution in [0.5, 0.6) is 0 Å². The Labute approximate surface area is 167 Å². The second-order valence-electron chi connectivity index (χ2n) is 6.84. The van der Waals surface area contributed by atoms with Crippen LogP contribution in [0.4, 0.5) is 0 Å². The number of thiophene rings is 1. The molecule has 0 fully saturated rings. The number of nitrogens with one attached hydrogen (secondary N) is 1. The van der Waals surface area contributed by atoms with Gasteiger partial charge in [0, 0.05) is 49.1 Å². The molecular formula is C21H22N4O2S. The first kappa shape index (κ1) is 18.4. The van der Waals surface area contributed by atoms with Gasteiger partial charge >= 0.3 is 0 Å². The number of benzene rings is 1. The largest absolute Gasteiger partial charge is 0.352 e. The van der Waals surface area contributed by atoms with E-state index in [4.69, 9.17) is 0 Å². The van der Waals surface area contributed by atoms with Gasteiger partial charge in [-0.2, -0.15) is 5.10 Å². The van der Waals surface area contributed by atoms with E-state index in [2.05, 4.69) is 21.9 Å². The monoisotopic (exact) mass is 394 g/mol. The van der Waals surface area contributed by atoms with E-state index in [1.54, 1.807) is 22.2 Å². The lowest BCUT2D eigenvalue weighted by Gasteiger charge is -2.27. The molecule has 3 aromatic rings. The van der Waals surface area contributed by atoms with Crippen LogP contribution < -0.4 is 5.32 Å². The highest BCUT2D eigenvalue weighted by Gasteiger charge is 2.21. The van der Waals surface area contributed by atoms with Crippen LogP contribution in [0.2, 0.25) is 0 Å². The Morgan fingerprint density at radius 3 is 2.86 bits per heavy atom. The van der Waals surface area contributed by atoms with Crippen LogP contribution >= 0.6 is 11.3 Å². The first-order valence-corrected chi connectivity index (χ1v) is 10.3. The zero-order chi connectivity index (χ0) is 19.3. The van der Waals surface area contributed by atoms with Gasteiger partial charge < -0.3 is 10.2 Å². The molecule has 0 spiro atoms. The molecule has 1 N–H and O–H groups in total. The van der Waals surface area contributed by atoms with E-state index in [0.717, 1.165) is 24.2 Å². The maximum absolute atomic E-state index is 12.4. The van der Waals surface area contributed by atoms with Gasteiger partial charge in [-0.05, 0) is 35.6 Å². The third kappa shape index (κ3) is 4.31. The van der Waals surface area contributed by atoms with Gasteiger partial charge in [0.2, 0.25) is 11.8 Å². The van der Waals surface area contributed by atoms with E-state index in [9.17, 15) is 9.59 Å². The van der Waals surface area contributed by atoms with Crippen molar-refractivity contribution < 1.29 is 9.59 Å². The first-order chi connectivity index (χ1) is 13.7. The van der Waals surface area contributed by atoms with Crippen molar-refractivity contribution in [2.75, 3.05) is 6.54 Å². The minimum Gasteiger partial charge on any atom is -0.352 e. The van der Waals surface area contributed by atoms with Crippen molar-refractivity contribution in [1.82, 2.24) is 20.0 Å². The topological polar surface area (TPSA) is 67.2 Å². The van der Waals surface area contributed by atoms with Crippen molar-refractivity contribution in [3.05, 3.63) is 70.2 Å². The number of carbonyl (C=O) groups is 2. The lowest BCUT2D eigenvalue weighted by atomic mass is 10.1. The van der Waals surface area contributed by atoms with Crippen molar-refractivity contribution in [2.24, 2.45) is 0 Å². The Morgan fingerprint density at radius 1 is 1.14 bits per heavy atom. The molecule has 0 aliphatic carbocycles. The Balaban J connectivity index is 1.22. The van der Waals surface area contributed by atoms with Crippen LogP contribution in [0, 0.1) is 0 Å². The number of para-hydroxylation sites is 1. The molecule has 0 unspecified atom stereocenters. The lowest BCUT2D eigenvalue weighted by molar-refractivity contribution is -0.134. The van der Waals surface area contributed by atoms with Gasteiger partial charge in [-0.3, -0.25) is 9.59 Å². The quantitative estimate of drug-likeness (QED) is 0.699. The van der Waals surface area contributed by atoms with E-state index in [1.165, 1.54) is 10.4 Å². The average Bonchev–Trinajstić information content (AvgIpc) is 3.40. The number of carbonyl (C=O) groups excluding carboxylic acids is 2. The summed E-state index contributed by atoms with van der Waals surface area (Å²) in [5.74, 6) is -0.0714. The normalized spacial score (nSPS) is 13.2. The van der Waals surface area contributed by atoms with Gasteiger partial charge in [-0.15, -0.1) is 11.3 Å². The summed E-state index contributed by atoms with van der Waals surface area (Å²) < 4.78 is 1.78. The lowest BCUT2D eigenvalue weighted by Crippen LogP contribution is -2.36. The Morgan fingerprint density at radius 2 is 2.00 bits per heavy atom. The maximum atomic E-state index is 12.4. The molecule has 6 nitrogen and oxygen atoms in total. The number of aromatic nitrogens is 2. The van der Waals surface area contributed by atoms with Crippen LogP contribution in [0.25, 0.3) is 5.69 Å². The van der Waals surface area contributed by atoms with Gasteiger partial charge in [-0.1, -0.05) is 18.2 Å². The summed E-state index contributed by atoms with van der Waals surface area (Å²) in [6, 6.07) is 11.9. The van der Waals surface area contributed by atoms with Crippen LogP contribution in [0.15, 0.2) is 54.2 Å². The van der Waals surface area contributed by atoms with Crippen molar-refractivity contribution in [3.63, 3.8) is 0 Å². The Hall–Kier alpha value is -2.93.